The summed E-state index contributed by atoms with van der Waals surface area (Å²) in [6.45, 7) is 1.48. The molecule has 0 saturated carbocycles. The van der Waals surface area contributed by atoms with E-state index in [1.165, 1.54) is 19.3 Å². The lowest BCUT2D eigenvalue weighted by molar-refractivity contribution is -0.118. The quantitative estimate of drug-likeness (QED) is 0.686. The molecule has 5 nitrogen and oxygen atoms in total. The number of hydrogen-bond acceptors (Lipinski definition) is 5. The molecule has 2 N–H and O–H groups in total. The Morgan fingerprint density at radius 1 is 1.58 bits per heavy atom. The van der Waals surface area contributed by atoms with Gasteiger partial charge in [0.25, 0.3) is 0 Å². The third-order valence-corrected chi connectivity index (χ3v) is 1.09. The minimum atomic E-state index is -0.0492. The zero-order valence-electron chi connectivity index (χ0n) is 6.65. The number of ketones is 1. The van der Waals surface area contributed by atoms with Gasteiger partial charge in [0.05, 0.1) is 12.4 Å². The van der Waals surface area contributed by atoms with Gasteiger partial charge < -0.3 is 10.5 Å². The van der Waals surface area contributed by atoms with E-state index in [2.05, 4.69) is 9.97 Å². The first-order valence-corrected chi connectivity index (χ1v) is 3.38. The third-order valence-electron chi connectivity index (χ3n) is 1.09. The monoisotopic (exact) mass is 167 g/mol. The van der Waals surface area contributed by atoms with Crippen molar-refractivity contribution in [3.8, 4) is 5.75 Å². The molecule has 1 aromatic heterocycles. The van der Waals surface area contributed by atoms with E-state index >= 15 is 0 Å². The van der Waals surface area contributed by atoms with Crippen LogP contribution in [0.1, 0.15) is 6.92 Å². The normalized spacial score (nSPS) is 9.42. The van der Waals surface area contributed by atoms with Crippen LogP contribution in [0.5, 0.6) is 5.75 Å². The molecule has 0 aliphatic rings. The molecular formula is C7H9N3O2. The zero-order chi connectivity index (χ0) is 8.97. The van der Waals surface area contributed by atoms with E-state index in [9.17, 15) is 4.79 Å². The van der Waals surface area contributed by atoms with Crippen molar-refractivity contribution in [2.75, 3.05) is 12.3 Å². The van der Waals surface area contributed by atoms with Crippen LogP contribution in [-0.4, -0.2) is 22.4 Å². The second-order valence-electron chi connectivity index (χ2n) is 2.27. The number of carbonyl (C=O) groups is 1. The van der Waals surface area contributed by atoms with Crippen molar-refractivity contribution in [3.05, 3.63) is 12.4 Å². The molecule has 0 fully saturated rings. The van der Waals surface area contributed by atoms with Gasteiger partial charge in [-0.3, -0.25) is 4.79 Å². The Kier molecular flexibility index (Phi) is 2.57. The Morgan fingerprint density at radius 3 is 2.67 bits per heavy atom. The van der Waals surface area contributed by atoms with Crippen LogP contribution >= 0.6 is 0 Å². The summed E-state index contributed by atoms with van der Waals surface area (Å²) in [5.74, 6) is 0.580. The van der Waals surface area contributed by atoms with Gasteiger partial charge in [-0.1, -0.05) is 0 Å². The fourth-order valence-corrected chi connectivity index (χ4v) is 0.586. The topological polar surface area (TPSA) is 78.1 Å². The molecule has 1 heterocycles. The molecule has 0 unspecified atom stereocenters. The van der Waals surface area contributed by atoms with E-state index in [1.807, 2.05) is 0 Å². The lowest BCUT2D eigenvalue weighted by Crippen LogP contribution is -2.07. The average Bonchev–Trinajstić information content (AvgIpc) is 2.03. The molecule has 0 aliphatic carbocycles. The minimum Gasteiger partial charge on any atom is -0.483 e. The van der Waals surface area contributed by atoms with Crippen LogP contribution in [0.25, 0.3) is 0 Å². The largest absolute Gasteiger partial charge is 0.483 e. The standard InChI is InChI=1S/C7H9N3O2/c1-5(11)4-12-6-2-9-7(8)10-3-6/h2-3H,4H2,1H3,(H2,8,9,10). The molecule has 0 spiro atoms. The first-order valence-electron chi connectivity index (χ1n) is 3.38. The predicted octanol–water partition coefficient (Wildman–Crippen LogP) is 0.0266. The van der Waals surface area contributed by atoms with Crippen LogP contribution in [0.2, 0.25) is 0 Å². The molecule has 1 rings (SSSR count). The van der Waals surface area contributed by atoms with Crippen molar-refractivity contribution in [2.24, 2.45) is 0 Å². The molecule has 0 saturated heterocycles. The molecule has 12 heavy (non-hydrogen) atoms. The molecule has 1 aromatic rings. The summed E-state index contributed by atoms with van der Waals surface area (Å²) in [4.78, 5) is 17.9. The van der Waals surface area contributed by atoms with Crippen molar-refractivity contribution < 1.29 is 9.53 Å². The van der Waals surface area contributed by atoms with Gasteiger partial charge >= 0.3 is 0 Å². The van der Waals surface area contributed by atoms with E-state index in [1.54, 1.807) is 0 Å². The first kappa shape index (κ1) is 8.45. The summed E-state index contributed by atoms with van der Waals surface area (Å²) in [7, 11) is 0. The fraction of sp³-hybridized carbons (Fsp3) is 0.286. The summed E-state index contributed by atoms with van der Waals surface area (Å²) < 4.78 is 4.99. The van der Waals surface area contributed by atoms with Crippen molar-refractivity contribution in [1.82, 2.24) is 9.97 Å². The number of Topliss-reactive ketones (excluding diaryl/α,β-unsaturated/α-hetero) is 1. The highest BCUT2D eigenvalue weighted by Gasteiger charge is 1.96. The van der Waals surface area contributed by atoms with Gasteiger partial charge in [-0.2, -0.15) is 0 Å². The van der Waals surface area contributed by atoms with Crippen molar-refractivity contribution >= 4 is 11.7 Å². The lowest BCUT2D eigenvalue weighted by Gasteiger charge is -2.01. The number of aromatic nitrogens is 2. The SMILES string of the molecule is CC(=O)COc1cnc(N)nc1. The number of rotatable bonds is 3. The number of ether oxygens (including phenoxy) is 1. The highest BCUT2D eigenvalue weighted by atomic mass is 16.5. The lowest BCUT2D eigenvalue weighted by atomic mass is 10.5. The van der Waals surface area contributed by atoms with Gasteiger partial charge in [0.15, 0.2) is 11.5 Å². The number of nitrogens with zero attached hydrogens (tertiary/aromatic N) is 2. The van der Waals surface area contributed by atoms with Crippen LogP contribution in [0, 0.1) is 0 Å². The van der Waals surface area contributed by atoms with Crippen molar-refractivity contribution in [2.45, 2.75) is 6.92 Å². The van der Waals surface area contributed by atoms with Gasteiger partial charge in [-0.25, -0.2) is 9.97 Å². The predicted molar refractivity (Wildman–Crippen MR) is 42.6 cm³/mol. The van der Waals surface area contributed by atoms with Gasteiger partial charge in [-0.15, -0.1) is 0 Å². The maximum atomic E-state index is 10.5. The second-order valence-corrected chi connectivity index (χ2v) is 2.27. The molecule has 0 amide bonds. The molecule has 0 aromatic carbocycles. The molecule has 0 atom stereocenters. The van der Waals surface area contributed by atoms with Crippen LogP contribution < -0.4 is 10.5 Å². The average molecular weight is 167 g/mol. The Balaban J connectivity index is 2.53. The number of nitrogen functional groups attached to an aromatic ring is 1. The number of nitrogens with two attached hydrogens (primary N) is 1. The van der Waals surface area contributed by atoms with E-state index < -0.39 is 0 Å². The van der Waals surface area contributed by atoms with E-state index in [0.29, 0.717) is 5.75 Å². The molecular weight excluding hydrogens is 158 g/mol. The van der Waals surface area contributed by atoms with Crippen molar-refractivity contribution in [3.63, 3.8) is 0 Å². The maximum Gasteiger partial charge on any atom is 0.220 e. The zero-order valence-corrected chi connectivity index (χ0v) is 6.65. The van der Waals surface area contributed by atoms with Crippen LogP contribution in [-0.2, 0) is 4.79 Å². The van der Waals surface area contributed by atoms with Gasteiger partial charge in [0, 0.05) is 0 Å². The van der Waals surface area contributed by atoms with Crippen LogP contribution in [0.15, 0.2) is 12.4 Å². The highest BCUT2D eigenvalue weighted by Crippen LogP contribution is 2.05. The Morgan fingerprint density at radius 2 is 2.17 bits per heavy atom. The minimum absolute atomic E-state index is 0.0350. The summed E-state index contributed by atoms with van der Waals surface area (Å²) in [5, 5.41) is 0. The molecule has 0 bridgehead atoms. The smallest absolute Gasteiger partial charge is 0.220 e. The van der Waals surface area contributed by atoms with E-state index in [-0.39, 0.29) is 18.3 Å². The Labute approximate surface area is 69.6 Å². The van der Waals surface area contributed by atoms with Gasteiger partial charge in [0.2, 0.25) is 5.95 Å². The fourth-order valence-electron chi connectivity index (χ4n) is 0.586. The van der Waals surface area contributed by atoms with Crippen LogP contribution in [0.4, 0.5) is 5.95 Å². The van der Waals surface area contributed by atoms with Gasteiger partial charge in [0.1, 0.15) is 6.61 Å². The van der Waals surface area contributed by atoms with E-state index in [0.717, 1.165) is 0 Å². The van der Waals surface area contributed by atoms with Gasteiger partial charge in [-0.05, 0) is 6.92 Å². The highest BCUT2D eigenvalue weighted by molar-refractivity contribution is 5.77. The Bertz CT molecular complexity index is 270. The van der Waals surface area contributed by atoms with E-state index in [4.69, 9.17) is 10.5 Å². The molecule has 64 valence electrons. The first-order chi connectivity index (χ1) is 5.68. The van der Waals surface area contributed by atoms with Crippen LogP contribution in [0.3, 0.4) is 0 Å². The summed E-state index contributed by atoms with van der Waals surface area (Å²) in [5.41, 5.74) is 5.24. The molecule has 0 aliphatic heterocycles. The Hall–Kier alpha value is -1.65. The molecule has 0 radical (unpaired) electrons. The third kappa shape index (κ3) is 2.53. The number of hydrogen-bond donors (Lipinski definition) is 1. The molecule has 5 heteroatoms. The van der Waals surface area contributed by atoms with Crippen molar-refractivity contribution in [1.29, 1.82) is 0 Å². The maximum absolute atomic E-state index is 10.5. The number of carbonyl (C=O) groups excluding carboxylic acids is 1. The second kappa shape index (κ2) is 3.66. The summed E-state index contributed by atoms with van der Waals surface area (Å²) in [6.07, 6.45) is 2.84. The summed E-state index contributed by atoms with van der Waals surface area (Å²) in [6, 6.07) is 0. The summed E-state index contributed by atoms with van der Waals surface area (Å²) >= 11 is 0. The number of anilines is 1.